The van der Waals surface area contributed by atoms with Crippen LogP contribution >= 0.6 is 0 Å². The number of rotatable bonds is 13. The van der Waals surface area contributed by atoms with Crippen molar-refractivity contribution in [1.82, 2.24) is 0 Å². The highest BCUT2D eigenvalue weighted by atomic mass is 79.9. The molecular formula is C43H42BrNO7. The molecule has 5 aromatic rings. The van der Waals surface area contributed by atoms with Crippen molar-refractivity contribution in [3.05, 3.63) is 114 Å². The number of pyridine rings is 1. The molecule has 0 unspecified atom stereocenters. The smallest absolute Gasteiger partial charge is 0.315 e. The highest BCUT2D eigenvalue weighted by Crippen LogP contribution is 2.44. The molecule has 3 heterocycles. The molecule has 0 fully saturated rings. The van der Waals surface area contributed by atoms with Gasteiger partial charge in [0.1, 0.15) is 11.5 Å². The largest absolute Gasteiger partial charge is 1.00 e. The van der Waals surface area contributed by atoms with Crippen LogP contribution in [0, 0.1) is 0 Å². The van der Waals surface area contributed by atoms with Gasteiger partial charge in [-0.15, -0.1) is 13.2 Å². The van der Waals surface area contributed by atoms with E-state index in [1.807, 2.05) is 54.6 Å². The lowest BCUT2D eigenvalue weighted by molar-refractivity contribution is -0.686. The Hall–Kier alpha value is -5.28. The van der Waals surface area contributed by atoms with Crippen LogP contribution in [0.5, 0.6) is 34.5 Å². The third kappa shape index (κ3) is 6.97. The molecule has 2 aliphatic rings. The first-order valence-electron chi connectivity index (χ1n) is 17.3. The predicted octanol–water partition coefficient (Wildman–Crippen LogP) is 5.16. The summed E-state index contributed by atoms with van der Waals surface area (Å²) in [5.41, 5.74) is 7.71. The van der Waals surface area contributed by atoms with Crippen LogP contribution in [0.4, 0.5) is 0 Å². The van der Waals surface area contributed by atoms with Gasteiger partial charge in [0.25, 0.3) is 0 Å². The Morgan fingerprint density at radius 1 is 0.865 bits per heavy atom. The van der Waals surface area contributed by atoms with E-state index in [1.165, 1.54) is 0 Å². The number of aromatic nitrogens is 1. The number of allylic oxidation sites excluding steroid dienone is 2. The zero-order valence-corrected chi connectivity index (χ0v) is 31.3. The SMILES string of the molecule is C=CCc1ccc(OC(=O)Cc2c3[n+](cc4c(OC)c(OC)ccc24)CCc2cc4c(cc2-3)OCO4)c(-c2ccc(OCCC)c(CC=C)c2)c1.[Br-]. The van der Waals surface area contributed by atoms with E-state index in [2.05, 4.69) is 49.0 Å². The van der Waals surface area contributed by atoms with Crippen LogP contribution in [0.25, 0.3) is 33.2 Å². The molecule has 52 heavy (non-hydrogen) atoms. The molecule has 0 N–H and O–H groups in total. The second-order valence-corrected chi connectivity index (χ2v) is 12.7. The second-order valence-electron chi connectivity index (χ2n) is 12.7. The molecule has 1 aromatic heterocycles. The van der Waals surface area contributed by atoms with E-state index in [4.69, 9.17) is 28.4 Å². The first-order valence-corrected chi connectivity index (χ1v) is 17.3. The second kappa shape index (κ2) is 15.9. The fourth-order valence-electron chi connectivity index (χ4n) is 7.09. The Kier molecular flexibility index (Phi) is 11.2. The summed E-state index contributed by atoms with van der Waals surface area (Å²) in [4.78, 5) is 14.2. The fraction of sp³-hybridized carbons (Fsp3) is 0.256. The lowest BCUT2D eigenvalue weighted by Gasteiger charge is -2.21. The van der Waals surface area contributed by atoms with Crippen molar-refractivity contribution in [2.45, 2.75) is 45.6 Å². The molecule has 268 valence electrons. The maximum absolute atomic E-state index is 14.2. The van der Waals surface area contributed by atoms with E-state index >= 15 is 0 Å². The number of benzene rings is 4. The van der Waals surface area contributed by atoms with Gasteiger partial charge >= 0.3 is 5.97 Å². The molecule has 4 aromatic carbocycles. The van der Waals surface area contributed by atoms with E-state index in [-0.39, 0.29) is 36.2 Å². The van der Waals surface area contributed by atoms with Gasteiger partial charge in [0, 0.05) is 22.9 Å². The highest BCUT2D eigenvalue weighted by Gasteiger charge is 2.33. The van der Waals surface area contributed by atoms with Gasteiger partial charge in [0.05, 0.1) is 38.2 Å². The number of hydrogen-bond acceptors (Lipinski definition) is 7. The van der Waals surface area contributed by atoms with Gasteiger partial charge in [0.2, 0.25) is 12.5 Å². The fourth-order valence-corrected chi connectivity index (χ4v) is 7.09. The molecule has 0 saturated heterocycles. The maximum Gasteiger partial charge on any atom is 0.315 e. The van der Waals surface area contributed by atoms with Gasteiger partial charge in [-0.1, -0.05) is 31.2 Å². The molecule has 0 amide bonds. The van der Waals surface area contributed by atoms with Crippen LogP contribution in [-0.4, -0.2) is 33.6 Å². The third-order valence-corrected chi connectivity index (χ3v) is 9.41. The average Bonchev–Trinajstić information content (AvgIpc) is 3.61. The van der Waals surface area contributed by atoms with Gasteiger partial charge in [-0.05, 0) is 90.0 Å². The first kappa shape index (κ1) is 36.5. The molecule has 7 rings (SSSR count). The zero-order valence-electron chi connectivity index (χ0n) is 29.8. The minimum Gasteiger partial charge on any atom is -1.00 e. The quantitative estimate of drug-likeness (QED) is 0.0711. The van der Waals surface area contributed by atoms with Gasteiger partial charge in [-0.25, -0.2) is 0 Å². The summed E-state index contributed by atoms with van der Waals surface area (Å²) >= 11 is 0. The standard InChI is InChI=1S/C43H42NO7.BrH/c1-6-9-27-11-14-37(32(20-27)28-12-15-36(48-19-8-3)30(21-28)10-7-2)51-41(45)24-34-31-13-16-38(46-4)43(47-5)35(31)25-44-18-17-29-22-39-40(50-26-49-39)23-33(29)42(34)44;/h6-7,11-16,20-23,25H,1-2,8-10,17-19,24,26H2,3-5H3;1H/q+1;/p-1. The van der Waals surface area contributed by atoms with Crippen molar-refractivity contribution in [1.29, 1.82) is 0 Å². The normalized spacial score (nSPS) is 12.3. The van der Waals surface area contributed by atoms with Gasteiger partial charge in [-0.2, -0.15) is 4.57 Å². The summed E-state index contributed by atoms with van der Waals surface area (Å²) in [5.74, 6) is 3.57. The minimum absolute atomic E-state index is 0. The molecule has 0 spiro atoms. The van der Waals surface area contributed by atoms with Crippen LogP contribution in [0.1, 0.15) is 35.6 Å². The van der Waals surface area contributed by atoms with E-state index in [9.17, 15) is 4.79 Å². The molecule has 2 aliphatic heterocycles. The number of halogens is 1. The Morgan fingerprint density at radius 3 is 2.38 bits per heavy atom. The highest BCUT2D eigenvalue weighted by molar-refractivity contribution is 5.97. The number of carbonyl (C=O) groups excluding carboxylic acids is 1. The lowest BCUT2D eigenvalue weighted by Crippen LogP contribution is -3.00. The molecule has 9 heteroatoms. The molecule has 0 radical (unpaired) electrons. The predicted molar refractivity (Wildman–Crippen MR) is 197 cm³/mol. The number of carbonyl (C=O) groups is 1. The summed E-state index contributed by atoms with van der Waals surface area (Å²) in [6.45, 7) is 11.5. The number of aryl methyl sites for hydroxylation is 2. The number of hydrogen-bond donors (Lipinski definition) is 0. The Morgan fingerprint density at radius 2 is 1.63 bits per heavy atom. The molecule has 0 bridgehead atoms. The summed E-state index contributed by atoms with van der Waals surface area (Å²) in [6.07, 6.45) is 8.86. The Labute approximate surface area is 315 Å². The molecule has 0 aliphatic carbocycles. The number of ether oxygens (including phenoxy) is 6. The Bertz CT molecular complexity index is 2180. The van der Waals surface area contributed by atoms with Crippen LogP contribution in [-0.2, 0) is 37.0 Å². The van der Waals surface area contributed by atoms with E-state index in [1.54, 1.807) is 14.2 Å². The van der Waals surface area contributed by atoms with Gasteiger partial charge in [-0.3, -0.25) is 4.79 Å². The van der Waals surface area contributed by atoms with Crippen molar-refractivity contribution in [3.63, 3.8) is 0 Å². The number of esters is 1. The zero-order chi connectivity index (χ0) is 35.5. The summed E-state index contributed by atoms with van der Waals surface area (Å²) in [6, 6.07) is 19.9. The monoisotopic (exact) mass is 763 g/mol. The molecule has 0 atom stereocenters. The third-order valence-electron chi connectivity index (χ3n) is 9.41. The van der Waals surface area contributed by atoms with Crippen molar-refractivity contribution in [3.8, 4) is 56.9 Å². The van der Waals surface area contributed by atoms with Crippen molar-refractivity contribution in [2.75, 3.05) is 27.6 Å². The molecular weight excluding hydrogens is 722 g/mol. The van der Waals surface area contributed by atoms with Crippen molar-refractivity contribution < 1.29 is 54.8 Å². The van der Waals surface area contributed by atoms with E-state index < -0.39 is 0 Å². The Balaban J connectivity index is 0.00000464. The van der Waals surface area contributed by atoms with Crippen molar-refractivity contribution in [2.24, 2.45) is 0 Å². The van der Waals surface area contributed by atoms with Crippen LogP contribution in [0.2, 0.25) is 0 Å². The number of methoxy groups -OCH3 is 2. The van der Waals surface area contributed by atoms with Gasteiger partial charge < -0.3 is 45.4 Å². The maximum atomic E-state index is 14.2. The van der Waals surface area contributed by atoms with E-state index in [0.717, 1.165) is 79.8 Å². The number of fused-ring (bicyclic) bond motifs is 5. The van der Waals surface area contributed by atoms with Gasteiger partial charge in [0.15, 0.2) is 35.7 Å². The van der Waals surface area contributed by atoms with Crippen LogP contribution in [0.15, 0.2) is 92.2 Å². The summed E-state index contributed by atoms with van der Waals surface area (Å²) in [7, 11) is 3.25. The van der Waals surface area contributed by atoms with E-state index in [0.29, 0.717) is 49.0 Å². The minimum atomic E-state index is -0.389. The topological polar surface area (TPSA) is 76.3 Å². The summed E-state index contributed by atoms with van der Waals surface area (Å²) < 4.78 is 37.5. The lowest BCUT2D eigenvalue weighted by atomic mass is 9.90. The molecule has 8 nitrogen and oxygen atoms in total. The molecule has 0 saturated carbocycles. The van der Waals surface area contributed by atoms with Crippen molar-refractivity contribution >= 4 is 16.7 Å². The average molecular weight is 765 g/mol. The van der Waals surface area contributed by atoms with Crippen LogP contribution < -0.4 is 50.0 Å². The van der Waals surface area contributed by atoms with Crippen LogP contribution in [0.3, 0.4) is 0 Å². The first-order chi connectivity index (χ1) is 25.0. The number of nitrogens with zero attached hydrogens (tertiary/aromatic N) is 1. The summed E-state index contributed by atoms with van der Waals surface area (Å²) in [5, 5.41) is 1.72.